The van der Waals surface area contributed by atoms with Crippen molar-refractivity contribution in [2.24, 2.45) is 0 Å². The lowest BCUT2D eigenvalue weighted by Gasteiger charge is -2.16. The van der Waals surface area contributed by atoms with E-state index >= 15 is 0 Å². The number of hydrogen-bond acceptors (Lipinski definition) is 3. The predicted octanol–water partition coefficient (Wildman–Crippen LogP) is 1.64. The number of aliphatic hydroxyl groups is 1. The maximum absolute atomic E-state index is 13.5. The molecule has 0 unspecified atom stereocenters. The molecule has 0 heterocycles. The van der Waals surface area contributed by atoms with Crippen molar-refractivity contribution in [2.75, 3.05) is 33.9 Å². The summed E-state index contributed by atoms with van der Waals surface area (Å²) in [7, 11) is 3.65. The summed E-state index contributed by atoms with van der Waals surface area (Å²) in [4.78, 5) is 2.10. The summed E-state index contributed by atoms with van der Waals surface area (Å²) < 4.78 is 18.5. The third-order valence-corrected chi connectivity index (χ3v) is 2.62. The molecule has 0 radical (unpaired) electrons. The van der Waals surface area contributed by atoms with E-state index in [4.69, 9.17) is 9.84 Å². The van der Waals surface area contributed by atoms with E-state index in [-0.39, 0.29) is 12.4 Å². The molecule has 0 saturated carbocycles. The van der Waals surface area contributed by atoms with Crippen LogP contribution in [0.25, 0.3) is 0 Å². The molecule has 1 aromatic carbocycles. The minimum Gasteiger partial charge on any atom is -0.395 e. The standard InChI is InChI=1S/C15H20FNO2/c1-17(8-10-19-2)12-13-6-7-15(16)14(11-13)5-3-4-9-18/h6-7,11,18H,4,8-10,12H2,1-2H3. The monoisotopic (exact) mass is 265 g/mol. The topological polar surface area (TPSA) is 32.7 Å². The van der Waals surface area contributed by atoms with Gasteiger partial charge in [0, 0.05) is 26.6 Å². The average molecular weight is 265 g/mol. The summed E-state index contributed by atoms with van der Waals surface area (Å²) >= 11 is 0. The lowest BCUT2D eigenvalue weighted by Crippen LogP contribution is -2.22. The van der Waals surface area contributed by atoms with Crippen molar-refractivity contribution < 1.29 is 14.2 Å². The van der Waals surface area contributed by atoms with Crippen LogP contribution in [0.15, 0.2) is 18.2 Å². The van der Waals surface area contributed by atoms with Crippen molar-refractivity contribution in [1.82, 2.24) is 4.90 Å². The number of likely N-dealkylation sites (N-methyl/N-ethyl adjacent to an activating group) is 1. The summed E-state index contributed by atoms with van der Waals surface area (Å²) in [6.07, 6.45) is 0.359. The number of rotatable bonds is 6. The molecule has 0 amide bonds. The predicted molar refractivity (Wildman–Crippen MR) is 73.2 cm³/mol. The first kappa shape index (κ1) is 15.6. The Kier molecular flexibility index (Phi) is 7.12. The van der Waals surface area contributed by atoms with Gasteiger partial charge in [-0.3, -0.25) is 4.90 Å². The van der Waals surface area contributed by atoms with Crippen LogP contribution in [0.3, 0.4) is 0 Å². The Balaban J connectivity index is 2.70. The van der Waals surface area contributed by atoms with Crippen molar-refractivity contribution in [3.63, 3.8) is 0 Å². The molecule has 0 aliphatic rings. The van der Waals surface area contributed by atoms with Crippen LogP contribution in [0.4, 0.5) is 4.39 Å². The Hall–Kier alpha value is -1.41. The third kappa shape index (κ3) is 5.84. The van der Waals surface area contributed by atoms with E-state index in [0.29, 0.717) is 18.6 Å². The molecular formula is C15H20FNO2. The highest BCUT2D eigenvalue weighted by atomic mass is 19.1. The molecule has 3 nitrogen and oxygen atoms in total. The zero-order chi connectivity index (χ0) is 14.1. The van der Waals surface area contributed by atoms with Gasteiger partial charge in [0.1, 0.15) is 5.82 Å². The largest absolute Gasteiger partial charge is 0.395 e. The van der Waals surface area contributed by atoms with Crippen molar-refractivity contribution in [3.05, 3.63) is 35.1 Å². The molecular weight excluding hydrogens is 245 g/mol. The van der Waals surface area contributed by atoms with Gasteiger partial charge < -0.3 is 9.84 Å². The Bertz CT molecular complexity index is 451. The molecule has 1 aromatic rings. The van der Waals surface area contributed by atoms with Gasteiger partial charge in [0.15, 0.2) is 0 Å². The van der Waals surface area contributed by atoms with Gasteiger partial charge in [-0.15, -0.1) is 0 Å². The van der Waals surface area contributed by atoms with Gasteiger partial charge in [-0.1, -0.05) is 17.9 Å². The second-order valence-electron chi connectivity index (χ2n) is 4.32. The number of methoxy groups -OCH3 is 1. The molecule has 1 N–H and O–H groups in total. The molecule has 19 heavy (non-hydrogen) atoms. The fourth-order valence-corrected chi connectivity index (χ4v) is 1.62. The van der Waals surface area contributed by atoms with Crippen molar-refractivity contribution in [1.29, 1.82) is 0 Å². The van der Waals surface area contributed by atoms with Crippen molar-refractivity contribution in [3.8, 4) is 11.8 Å². The number of hydrogen-bond donors (Lipinski definition) is 1. The Morgan fingerprint density at radius 1 is 1.42 bits per heavy atom. The number of ether oxygens (including phenoxy) is 1. The van der Waals surface area contributed by atoms with Crippen LogP contribution in [-0.4, -0.2) is 43.9 Å². The van der Waals surface area contributed by atoms with Gasteiger partial charge in [-0.05, 0) is 24.7 Å². The van der Waals surface area contributed by atoms with Crippen LogP contribution in [0.1, 0.15) is 17.5 Å². The maximum Gasteiger partial charge on any atom is 0.138 e. The van der Waals surface area contributed by atoms with Gasteiger partial charge in [0.2, 0.25) is 0 Å². The second kappa shape index (κ2) is 8.65. The Morgan fingerprint density at radius 3 is 2.89 bits per heavy atom. The molecule has 0 aliphatic carbocycles. The smallest absolute Gasteiger partial charge is 0.138 e. The van der Waals surface area contributed by atoms with Gasteiger partial charge in [-0.25, -0.2) is 4.39 Å². The SMILES string of the molecule is COCCN(C)Cc1ccc(F)c(C#CCCO)c1. The molecule has 4 heteroatoms. The van der Waals surface area contributed by atoms with E-state index in [1.165, 1.54) is 6.07 Å². The fraction of sp³-hybridized carbons (Fsp3) is 0.467. The van der Waals surface area contributed by atoms with Gasteiger partial charge in [-0.2, -0.15) is 0 Å². The second-order valence-corrected chi connectivity index (χ2v) is 4.32. The Morgan fingerprint density at radius 2 is 2.21 bits per heavy atom. The highest BCUT2D eigenvalue weighted by molar-refractivity contribution is 5.38. The first-order chi connectivity index (χ1) is 9.17. The quantitative estimate of drug-likeness (QED) is 0.794. The lowest BCUT2D eigenvalue weighted by atomic mass is 10.1. The number of aliphatic hydroxyl groups excluding tert-OH is 1. The molecule has 0 saturated heterocycles. The summed E-state index contributed by atoms with van der Waals surface area (Å²) in [5, 5.41) is 8.65. The normalized spacial score (nSPS) is 10.4. The summed E-state index contributed by atoms with van der Waals surface area (Å²) in [5.41, 5.74) is 1.39. The molecule has 0 aromatic heterocycles. The van der Waals surface area contributed by atoms with E-state index < -0.39 is 0 Å². The molecule has 0 bridgehead atoms. The Labute approximate surface area is 114 Å². The molecule has 0 fully saturated rings. The zero-order valence-corrected chi connectivity index (χ0v) is 11.4. The van der Waals surface area contributed by atoms with E-state index in [0.717, 1.165) is 18.7 Å². The van der Waals surface area contributed by atoms with Crippen LogP contribution >= 0.6 is 0 Å². The highest BCUT2D eigenvalue weighted by Gasteiger charge is 2.04. The maximum atomic E-state index is 13.5. The molecule has 0 spiro atoms. The summed E-state index contributed by atoms with van der Waals surface area (Å²) in [6.45, 7) is 2.20. The number of nitrogens with zero attached hydrogens (tertiary/aromatic N) is 1. The minimum absolute atomic E-state index is 0.00589. The number of benzene rings is 1. The molecule has 0 atom stereocenters. The zero-order valence-electron chi connectivity index (χ0n) is 11.4. The van der Waals surface area contributed by atoms with Gasteiger partial charge in [0.25, 0.3) is 0 Å². The first-order valence-electron chi connectivity index (χ1n) is 6.23. The first-order valence-corrected chi connectivity index (χ1v) is 6.23. The van der Waals surface area contributed by atoms with Crippen LogP contribution in [0.2, 0.25) is 0 Å². The fourth-order valence-electron chi connectivity index (χ4n) is 1.62. The van der Waals surface area contributed by atoms with Crippen LogP contribution < -0.4 is 0 Å². The summed E-state index contributed by atoms with van der Waals surface area (Å²) in [6, 6.07) is 4.95. The van der Waals surface area contributed by atoms with E-state index in [9.17, 15) is 4.39 Å². The summed E-state index contributed by atoms with van der Waals surface area (Å²) in [5.74, 6) is 5.15. The third-order valence-electron chi connectivity index (χ3n) is 2.62. The lowest BCUT2D eigenvalue weighted by molar-refractivity contribution is 0.158. The van der Waals surface area contributed by atoms with Crippen LogP contribution in [0.5, 0.6) is 0 Å². The van der Waals surface area contributed by atoms with Crippen molar-refractivity contribution in [2.45, 2.75) is 13.0 Å². The highest BCUT2D eigenvalue weighted by Crippen LogP contribution is 2.11. The molecule has 104 valence electrons. The van der Waals surface area contributed by atoms with E-state index in [1.807, 2.05) is 7.05 Å². The van der Waals surface area contributed by atoms with Crippen LogP contribution in [0, 0.1) is 17.7 Å². The van der Waals surface area contributed by atoms with Crippen molar-refractivity contribution >= 4 is 0 Å². The number of halogens is 1. The average Bonchev–Trinajstić information content (AvgIpc) is 2.40. The van der Waals surface area contributed by atoms with E-state index in [2.05, 4.69) is 16.7 Å². The van der Waals surface area contributed by atoms with E-state index in [1.54, 1.807) is 19.2 Å². The van der Waals surface area contributed by atoms with Gasteiger partial charge >= 0.3 is 0 Å². The van der Waals surface area contributed by atoms with Gasteiger partial charge in [0.05, 0.1) is 18.8 Å². The molecule has 1 rings (SSSR count). The minimum atomic E-state index is -0.325. The molecule has 0 aliphatic heterocycles. The van der Waals surface area contributed by atoms with Crippen LogP contribution in [-0.2, 0) is 11.3 Å².